The van der Waals surface area contributed by atoms with Gasteiger partial charge in [-0.15, -0.1) is 0 Å². The van der Waals surface area contributed by atoms with Gasteiger partial charge in [-0.25, -0.2) is 4.98 Å². The molecule has 0 radical (unpaired) electrons. The standard InChI is InChI=1S/C14H20N4O/c15-13-9-11(3-4-16-13)10-17-5-7-18(8-6-17)14(19)12-1-2-12/h3-4,9,12H,1-2,5-8,10H2,(H2,15,16). The van der Waals surface area contributed by atoms with Crippen LogP contribution in [0.15, 0.2) is 18.3 Å². The van der Waals surface area contributed by atoms with Gasteiger partial charge in [0.1, 0.15) is 5.82 Å². The smallest absolute Gasteiger partial charge is 0.225 e. The molecule has 0 atom stereocenters. The minimum Gasteiger partial charge on any atom is -0.384 e. The first-order valence-electron chi connectivity index (χ1n) is 6.94. The van der Waals surface area contributed by atoms with Crippen molar-refractivity contribution < 1.29 is 4.79 Å². The fourth-order valence-electron chi connectivity index (χ4n) is 2.57. The second-order valence-electron chi connectivity index (χ2n) is 5.46. The van der Waals surface area contributed by atoms with E-state index in [1.807, 2.05) is 17.0 Å². The summed E-state index contributed by atoms with van der Waals surface area (Å²) in [7, 11) is 0. The third kappa shape index (κ3) is 3.04. The number of hydrogen-bond donors (Lipinski definition) is 1. The Labute approximate surface area is 113 Å². The normalized spacial score (nSPS) is 20.5. The highest BCUT2D eigenvalue weighted by Gasteiger charge is 2.34. The first-order valence-corrected chi connectivity index (χ1v) is 6.94. The molecule has 3 rings (SSSR count). The lowest BCUT2D eigenvalue weighted by molar-refractivity contribution is -0.134. The Kier molecular flexibility index (Phi) is 3.38. The fraction of sp³-hybridized carbons (Fsp3) is 0.571. The number of amides is 1. The quantitative estimate of drug-likeness (QED) is 0.870. The number of piperazine rings is 1. The number of carbonyl (C=O) groups is 1. The van der Waals surface area contributed by atoms with E-state index in [4.69, 9.17) is 5.73 Å². The van der Waals surface area contributed by atoms with E-state index in [0.717, 1.165) is 45.6 Å². The zero-order valence-electron chi connectivity index (χ0n) is 11.1. The van der Waals surface area contributed by atoms with Crippen LogP contribution in [0.1, 0.15) is 18.4 Å². The zero-order valence-corrected chi connectivity index (χ0v) is 11.1. The molecule has 102 valence electrons. The summed E-state index contributed by atoms with van der Waals surface area (Å²) in [6.45, 7) is 4.49. The molecule has 0 aromatic carbocycles. The van der Waals surface area contributed by atoms with E-state index in [0.29, 0.717) is 17.6 Å². The molecule has 1 saturated heterocycles. The maximum absolute atomic E-state index is 12.0. The Bertz CT molecular complexity index is 464. The average Bonchev–Trinajstić information content (AvgIpc) is 3.23. The molecule has 2 heterocycles. The predicted molar refractivity (Wildman–Crippen MR) is 73.2 cm³/mol. The van der Waals surface area contributed by atoms with Crippen LogP contribution in [-0.2, 0) is 11.3 Å². The summed E-state index contributed by atoms with van der Waals surface area (Å²) >= 11 is 0. The topological polar surface area (TPSA) is 62.5 Å². The number of carbonyl (C=O) groups excluding carboxylic acids is 1. The minimum absolute atomic E-state index is 0.339. The van der Waals surface area contributed by atoms with E-state index in [1.54, 1.807) is 6.20 Å². The van der Waals surface area contributed by atoms with Crippen molar-refractivity contribution in [2.45, 2.75) is 19.4 Å². The van der Waals surface area contributed by atoms with Crippen LogP contribution in [0.2, 0.25) is 0 Å². The zero-order chi connectivity index (χ0) is 13.2. The van der Waals surface area contributed by atoms with Crippen molar-refractivity contribution in [3.8, 4) is 0 Å². The van der Waals surface area contributed by atoms with Gasteiger partial charge in [-0.05, 0) is 30.5 Å². The van der Waals surface area contributed by atoms with Crippen molar-refractivity contribution >= 4 is 11.7 Å². The number of nitrogens with zero attached hydrogens (tertiary/aromatic N) is 3. The third-order valence-corrected chi connectivity index (χ3v) is 3.86. The summed E-state index contributed by atoms with van der Waals surface area (Å²) in [5.41, 5.74) is 6.87. The Hall–Kier alpha value is -1.62. The Morgan fingerprint density at radius 3 is 2.68 bits per heavy atom. The minimum atomic E-state index is 0.339. The van der Waals surface area contributed by atoms with Gasteiger partial charge in [0.15, 0.2) is 0 Å². The first kappa shape index (κ1) is 12.4. The summed E-state index contributed by atoms with van der Waals surface area (Å²) in [5.74, 6) is 1.28. The second-order valence-corrected chi connectivity index (χ2v) is 5.46. The van der Waals surface area contributed by atoms with E-state index in [1.165, 1.54) is 5.56 Å². The number of pyridine rings is 1. The number of aromatic nitrogens is 1. The maximum Gasteiger partial charge on any atom is 0.225 e. The van der Waals surface area contributed by atoms with Crippen LogP contribution in [-0.4, -0.2) is 46.9 Å². The molecule has 2 aliphatic rings. The predicted octanol–water partition coefficient (Wildman–Crippen LogP) is 0.718. The molecule has 1 amide bonds. The summed E-state index contributed by atoms with van der Waals surface area (Å²) in [5, 5.41) is 0. The van der Waals surface area contributed by atoms with E-state index in [9.17, 15) is 4.79 Å². The average molecular weight is 260 g/mol. The first-order chi connectivity index (χ1) is 9.22. The Morgan fingerprint density at radius 2 is 2.05 bits per heavy atom. The van der Waals surface area contributed by atoms with Gasteiger partial charge < -0.3 is 10.6 Å². The molecule has 1 aliphatic carbocycles. The van der Waals surface area contributed by atoms with E-state index in [-0.39, 0.29) is 0 Å². The van der Waals surface area contributed by atoms with Crippen LogP contribution in [0, 0.1) is 5.92 Å². The number of hydrogen-bond acceptors (Lipinski definition) is 4. The molecular weight excluding hydrogens is 240 g/mol. The van der Waals surface area contributed by atoms with Crippen molar-refractivity contribution in [2.24, 2.45) is 5.92 Å². The second kappa shape index (κ2) is 5.17. The molecule has 1 saturated carbocycles. The molecule has 0 bridgehead atoms. The highest BCUT2D eigenvalue weighted by Crippen LogP contribution is 2.31. The van der Waals surface area contributed by atoms with Gasteiger partial charge in [-0.3, -0.25) is 9.69 Å². The maximum atomic E-state index is 12.0. The van der Waals surface area contributed by atoms with Crippen LogP contribution in [0.4, 0.5) is 5.82 Å². The molecule has 5 nitrogen and oxygen atoms in total. The molecule has 19 heavy (non-hydrogen) atoms. The number of anilines is 1. The summed E-state index contributed by atoms with van der Waals surface area (Å²) in [4.78, 5) is 20.3. The Morgan fingerprint density at radius 1 is 1.32 bits per heavy atom. The number of rotatable bonds is 3. The van der Waals surface area contributed by atoms with Gasteiger partial charge in [-0.1, -0.05) is 0 Å². The molecule has 5 heteroatoms. The SMILES string of the molecule is Nc1cc(CN2CCN(C(=O)C3CC3)CC2)ccn1. The fourth-order valence-corrected chi connectivity index (χ4v) is 2.57. The molecule has 1 aromatic rings. The van der Waals surface area contributed by atoms with Gasteiger partial charge in [0, 0.05) is 44.8 Å². The van der Waals surface area contributed by atoms with E-state index >= 15 is 0 Å². The van der Waals surface area contributed by atoms with E-state index < -0.39 is 0 Å². The summed E-state index contributed by atoms with van der Waals surface area (Å²) in [6, 6.07) is 3.92. The monoisotopic (exact) mass is 260 g/mol. The van der Waals surface area contributed by atoms with Crippen molar-refractivity contribution in [3.63, 3.8) is 0 Å². The number of nitrogen functional groups attached to an aromatic ring is 1. The van der Waals surface area contributed by atoms with Crippen molar-refractivity contribution in [1.82, 2.24) is 14.8 Å². The molecule has 2 N–H and O–H groups in total. The van der Waals surface area contributed by atoms with Crippen LogP contribution >= 0.6 is 0 Å². The summed E-state index contributed by atoms with van der Waals surface area (Å²) in [6.07, 6.45) is 3.93. The third-order valence-electron chi connectivity index (χ3n) is 3.86. The van der Waals surface area contributed by atoms with Crippen molar-refractivity contribution in [3.05, 3.63) is 23.9 Å². The highest BCUT2D eigenvalue weighted by molar-refractivity contribution is 5.81. The van der Waals surface area contributed by atoms with Crippen LogP contribution < -0.4 is 5.73 Å². The summed E-state index contributed by atoms with van der Waals surface area (Å²) < 4.78 is 0. The van der Waals surface area contributed by atoms with Crippen molar-refractivity contribution in [2.75, 3.05) is 31.9 Å². The van der Waals surface area contributed by atoms with Gasteiger partial charge in [0.05, 0.1) is 0 Å². The van der Waals surface area contributed by atoms with Gasteiger partial charge in [-0.2, -0.15) is 0 Å². The molecular formula is C14H20N4O. The molecule has 0 unspecified atom stereocenters. The molecule has 1 aliphatic heterocycles. The highest BCUT2D eigenvalue weighted by atomic mass is 16.2. The lowest BCUT2D eigenvalue weighted by Gasteiger charge is -2.34. The lowest BCUT2D eigenvalue weighted by Crippen LogP contribution is -2.48. The molecule has 2 fully saturated rings. The van der Waals surface area contributed by atoms with Crippen LogP contribution in [0.5, 0.6) is 0 Å². The van der Waals surface area contributed by atoms with Gasteiger partial charge in [0.2, 0.25) is 5.91 Å². The van der Waals surface area contributed by atoms with Gasteiger partial charge in [0.25, 0.3) is 0 Å². The molecule has 1 aromatic heterocycles. The van der Waals surface area contributed by atoms with Crippen LogP contribution in [0.25, 0.3) is 0 Å². The van der Waals surface area contributed by atoms with E-state index in [2.05, 4.69) is 9.88 Å². The molecule has 0 spiro atoms. The number of nitrogens with two attached hydrogens (primary N) is 1. The largest absolute Gasteiger partial charge is 0.384 e. The van der Waals surface area contributed by atoms with Crippen LogP contribution in [0.3, 0.4) is 0 Å². The lowest BCUT2D eigenvalue weighted by atomic mass is 10.2. The van der Waals surface area contributed by atoms with Crippen molar-refractivity contribution in [1.29, 1.82) is 0 Å². The van der Waals surface area contributed by atoms with Gasteiger partial charge >= 0.3 is 0 Å². The Balaban J connectivity index is 1.51.